The van der Waals surface area contributed by atoms with E-state index < -0.39 is 17.5 Å². The number of nitrogens with zero attached hydrogens (tertiary/aromatic N) is 4. The lowest BCUT2D eigenvalue weighted by atomic mass is 10.1. The topological polar surface area (TPSA) is 126 Å². The number of ether oxygens (including phenoxy) is 1. The predicted octanol–water partition coefficient (Wildman–Crippen LogP) is 3.86. The average molecular weight is 540 g/mol. The number of fused-ring (bicyclic) bond motifs is 1. The SMILES string of the molecule is CC(C)C(CO)NCCCOc1ccc2c(Nc3cnn(CC(=O)Nc4cccc(F)c4F)c3)ncnc2c1. The van der Waals surface area contributed by atoms with Gasteiger partial charge < -0.3 is 25.8 Å². The number of anilines is 3. The first-order valence-electron chi connectivity index (χ1n) is 12.6. The van der Waals surface area contributed by atoms with Crippen LogP contribution in [-0.4, -0.2) is 56.6 Å². The molecule has 4 N–H and O–H groups in total. The van der Waals surface area contributed by atoms with Crippen molar-refractivity contribution in [3.05, 3.63) is 66.8 Å². The summed E-state index contributed by atoms with van der Waals surface area (Å²) in [6.45, 7) is 5.29. The van der Waals surface area contributed by atoms with E-state index in [2.05, 4.69) is 44.9 Å². The highest BCUT2D eigenvalue weighted by Gasteiger charge is 2.13. The third-order valence-corrected chi connectivity index (χ3v) is 6.03. The molecule has 1 atom stereocenters. The predicted molar refractivity (Wildman–Crippen MR) is 144 cm³/mol. The van der Waals surface area contributed by atoms with Gasteiger partial charge >= 0.3 is 0 Å². The molecular weight excluding hydrogens is 508 g/mol. The molecule has 4 aromatic rings. The Balaban J connectivity index is 1.32. The van der Waals surface area contributed by atoms with Crippen molar-refractivity contribution >= 4 is 34.0 Å². The van der Waals surface area contributed by atoms with Crippen molar-refractivity contribution in [2.24, 2.45) is 5.92 Å². The Kier molecular flexibility index (Phi) is 9.34. The van der Waals surface area contributed by atoms with Gasteiger partial charge in [0.2, 0.25) is 5.91 Å². The molecule has 2 aromatic carbocycles. The fourth-order valence-corrected chi connectivity index (χ4v) is 3.88. The maximum atomic E-state index is 13.8. The lowest BCUT2D eigenvalue weighted by Crippen LogP contribution is -2.37. The van der Waals surface area contributed by atoms with Gasteiger partial charge in [-0.1, -0.05) is 19.9 Å². The Hall–Kier alpha value is -4.16. The van der Waals surface area contributed by atoms with Crippen LogP contribution in [0.25, 0.3) is 10.9 Å². The second-order valence-corrected chi connectivity index (χ2v) is 9.29. The maximum absolute atomic E-state index is 13.8. The monoisotopic (exact) mass is 539 g/mol. The van der Waals surface area contributed by atoms with Gasteiger partial charge in [0, 0.05) is 23.7 Å². The summed E-state index contributed by atoms with van der Waals surface area (Å²) < 4.78 is 34.4. The van der Waals surface area contributed by atoms with E-state index in [0.717, 1.165) is 24.4 Å². The Morgan fingerprint density at radius 2 is 2.03 bits per heavy atom. The van der Waals surface area contributed by atoms with Gasteiger partial charge in [-0.25, -0.2) is 18.7 Å². The van der Waals surface area contributed by atoms with Gasteiger partial charge in [0.05, 0.1) is 36.3 Å². The van der Waals surface area contributed by atoms with Crippen LogP contribution >= 0.6 is 0 Å². The number of aliphatic hydroxyl groups is 1. The summed E-state index contributed by atoms with van der Waals surface area (Å²) in [6.07, 6.45) is 5.35. The zero-order valence-corrected chi connectivity index (χ0v) is 21.7. The average Bonchev–Trinajstić information content (AvgIpc) is 3.35. The van der Waals surface area contributed by atoms with Gasteiger partial charge in [0.15, 0.2) is 11.6 Å². The molecule has 206 valence electrons. The molecule has 1 amide bonds. The molecule has 39 heavy (non-hydrogen) atoms. The van der Waals surface area contributed by atoms with Gasteiger partial charge in [0.1, 0.15) is 24.4 Å². The third-order valence-electron chi connectivity index (χ3n) is 6.03. The molecule has 2 aromatic heterocycles. The molecular formula is C27H31F2N7O3. The van der Waals surface area contributed by atoms with Crippen LogP contribution in [0, 0.1) is 17.6 Å². The van der Waals surface area contributed by atoms with Gasteiger partial charge in [-0.2, -0.15) is 5.10 Å². The highest BCUT2D eigenvalue weighted by atomic mass is 19.2. The van der Waals surface area contributed by atoms with Crippen molar-refractivity contribution in [1.82, 2.24) is 25.1 Å². The number of rotatable bonds is 13. The number of carbonyl (C=O) groups excluding carboxylic acids is 1. The van der Waals surface area contributed by atoms with E-state index in [1.165, 1.54) is 29.3 Å². The second-order valence-electron chi connectivity index (χ2n) is 9.29. The molecule has 0 aliphatic heterocycles. The minimum Gasteiger partial charge on any atom is -0.493 e. The van der Waals surface area contributed by atoms with Crippen LogP contribution in [0.1, 0.15) is 20.3 Å². The molecule has 0 spiro atoms. The van der Waals surface area contributed by atoms with E-state index >= 15 is 0 Å². The van der Waals surface area contributed by atoms with Crippen LogP contribution in [0.3, 0.4) is 0 Å². The van der Waals surface area contributed by atoms with Crippen LogP contribution in [0.15, 0.2) is 55.1 Å². The van der Waals surface area contributed by atoms with Crippen LogP contribution < -0.4 is 20.7 Å². The van der Waals surface area contributed by atoms with E-state index in [-0.39, 0.29) is 24.9 Å². The highest BCUT2D eigenvalue weighted by Crippen LogP contribution is 2.26. The fourth-order valence-electron chi connectivity index (χ4n) is 3.88. The standard InChI is InChI=1S/C27H31F2N7O3/c1-17(2)24(15-37)30-9-4-10-39-19-7-8-20-23(11-19)31-16-32-27(20)34-18-12-33-36(13-18)14-25(38)35-22-6-3-5-21(28)26(22)29/h3,5-8,11-13,16-17,24,30,37H,4,9-10,14-15H2,1-2H3,(H,35,38)(H,31,32,34). The Morgan fingerprint density at radius 1 is 1.18 bits per heavy atom. The molecule has 12 heteroatoms. The molecule has 0 aliphatic carbocycles. The van der Waals surface area contributed by atoms with E-state index in [0.29, 0.717) is 35.3 Å². The summed E-state index contributed by atoms with van der Waals surface area (Å²) in [5, 5.41) is 23.1. The van der Waals surface area contributed by atoms with E-state index in [1.54, 1.807) is 6.20 Å². The summed E-state index contributed by atoms with van der Waals surface area (Å²) in [5.74, 6) is -1.13. The zero-order chi connectivity index (χ0) is 27.8. The van der Waals surface area contributed by atoms with E-state index in [9.17, 15) is 18.7 Å². The largest absolute Gasteiger partial charge is 0.493 e. The molecule has 0 saturated heterocycles. The number of hydrogen-bond acceptors (Lipinski definition) is 8. The molecule has 0 aliphatic rings. The molecule has 0 saturated carbocycles. The Bertz CT molecular complexity index is 1410. The molecule has 2 heterocycles. The van der Waals surface area contributed by atoms with E-state index in [1.807, 2.05) is 18.2 Å². The van der Waals surface area contributed by atoms with Crippen molar-refractivity contribution in [2.45, 2.75) is 32.9 Å². The lowest BCUT2D eigenvalue weighted by molar-refractivity contribution is -0.116. The Morgan fingerprint density at radius 3 is 2.82 bits per heavy atom. The van der Waals surface area contributed by atoms with Gasteiger partial charge in [-0.15, -0.1) is 0 Å². The van der Waals surface area contributed by atoms with Crippen LogP contribution in [-0.2, 0) is 11.3 Å². The number of aromatic nitrogens is 4. The van der Waals surface area contributed by atoms with E-state index in [4.69, 9.17) is 4.74 Å². The number of nitrogens with one attached hydrogen (secondary N) is 3. The maximum Gasteiger partial charge on any atom is 0.246 e. The number of amides is 1. The molecule has 10 nitrogen and oxygen atoms in total. The summed E-state index contributed by atoms with van der Waals surface area (Å²) in [5.41, 5.74) is 1.03. The molecule has 1 unspecified atom stereocenters. The number of aliphatic hydroxyl groups excluding tert-OH is 1. The summed E-state index contributed by atoms with van der Waals surface area (Å²) >= 11 is 0. The van der Waals surface area contributed by atoms with Gasteiger partial charge in [-0.05, 0) is 43.1 Å². The van der Waals surface area contributed by atoms with Crippen molar-refractivity contribution in [3.8, 4) is 5.75 Å². The first kappa shape index (κ1) is 27.9. The number of halogens is 2. The molecule has 0 bridgehead atoms. The quantitative estimate of drug-likeness (QED) is 0.189. The lowest BCUT2D eigenvalue weighted by Gasteiger charge is -2.19. The van der Waals surface area contributed by atoms with Crippen LogP contribution in [0.5, 0.6) is 5.75 Å². The first-order chi connectivity index (χ1) is 18.8. The molecule has 4 rings (SSSR count). The number of carbonyl (C=O) groups is 1. The van der Waals surface area contributed by atoms with Crippen molar-refractivity contribution in [3.63, 3.8) is 0 Å². The van der Waals surface area contributed by atoms with Crippen LogP contribution in [0.2, 0.25) is 0 Å². The minimum atomic E-state index is -1.12. The third kappa shape index (κ3) is 7.45. The minimum absolute atomic E-state index is 0.0716. The van der Waals surface area contributed by atoms with Gasteiger partial charge in [-0.3, -0.25) is 9.48 Å². The number of benzene rings is 2. The Labute approximate surface area is 224 Å². The summed E-state index contributed by atoms with van der Waals surface area (Å²) in [7, 11) is 0. The first-order valence-corrected chi connectivity index (χ1v) is 12.6. The fraction of sp³-hybridized carbons (Fsp3) is 0.333. The summed E-state index contributed by atoms with van der Waals surface area (Å²) in [4.78, 5) is 20.9. The van der Waals surface area contributed by atoms with Crippen molar-refractivity contribution < 1.29 is 23.4 Å². The number of hydrogen-bond donors (Lipinski definition) is 4. The van der Waals surface area contributed by atoms with Gasteiger partial charge in [0.25, 0.3) is 0 Å². The summed E-state index contributed by atoms with van der Waals surface area (Å²) in [6, 6.07) is 9.17. The molecule has 0 fully saturated rings. The van der Waals surface area contributed by atoms with Crippen molar-refractivity contribution in [1.29, 1.82) is 0 Å². The smallest absolute Gasteiger partial charge is 0.246 e. The second kappa shape index (κ2) is 13.1. The van der Waals surface area contributed by atoms with Crippen molar-refractivity contribution in [2.75, 3.05) is 30.4 Å². The zero-order valence-electron chi connectivity index (χ0n) is 21.7. The normalized spacial score (nSPS) is 12.1. The molecule has 0 radical (unpaired) electrons. The highest BCUT2D eigenvalue weighted by molar-refractivity contribution is 5.92. The van der Waals surface area contributed by atoms with Crippen LogP contribution in [0.4, 0.5) is 26.0 Å².